The van der Waals surface area contributed by atoms with Crippen LogP contribution < -0.4 is 0 Å². The van der Waals surface area contributed by atoms with Gasteiger partial charge in [-0.1, -0.05) is 91.4 Å². The van der Waals surface area contributed by atoms with Crippen LogP contribution in [0.1, 0.15) is 111 Å². The molecule has 1 nitrogen and oxygen atoms in total. The first-order valence-corrected chi connectivity index (χ1v) is 9.18. The lowest BCUT2D eigenvalue weighted by Crippen LogP contribution is -2.02. The first-order chi connectivity index (χ1) is 9.66. The van der Waals surface area contributed by atoms with Crippen LogP contribution in [0.5, 0.6) is 0 Å². The van der Waals surface area contributed by atoms with Crippen LogP contribution in [0.15, 0.2) is 0 Å². The molecular weight excluding hydrogens is 244 g/mol. The summed E-state index contributed by atoms with van der Waals surface area (Å²) in [5, 5.41) is 0. The molecule has 0 radical (unpaired) electrons. The average Bonchev–Trinajstić information content (AvgIpc) is 2.39. The number of ketones is 1. The zero-order valence-electron chi connectivity index (χ0n) is 14.4. The zero-order valence-corrected chi connectivity index (χ0v) is 14.4. The molecule has 0 amide bonds. The topological polar surface area (TPSA) is 17.1 Å². The third-order valence-electron chi connectivity index (χ3n) is 3.95. The van der Waals surface area contributed by atoms with Gasteiger partial charge in [-0.05, 0) is 12.3 Å². The van der Waals surface area contributed by atoms with E-state index in [2.05, 4.69) is 20.8 Å². The summed E-state index contributed by atoms with van der Waals surface area (Å²) in [4.78, 5) is 11.5. The summed E-state index contributed by atoms with van der Waals surface area (Å²) < 4.78 is 0. The second-order valence-electron chi connectivity index (χ2n) is 6.78. The quantitative estimate of drug-likeness (QED) is 0.306. The molecule has 0 aromatic carbocycles. The second-order valence-corrected chi connectivity index (χ2v) is 6.78. The summed E-state index contributed by atoms with van der Waals surface area (Å²) >= 11 is 0. The van der Waals surface area contributed by atoms with Gasteiger partial charge in [0.05, 0.1) is 0 Å². The summed E-state index contributed by atoms with van der Waals surface area (Å²) in [7, 11) is 0. The molecule has 0 spiro atoms. The van der Waals surface area contributed by atoms with Crippen LogP contribution >= 0.6 is 0 Å². The highest BCUT2D eigenvalue weighted by molar-refractivity contribution is 5.78. The smallest absolute Gasteiger partial charge is 0.133 e. The van der Waals surface area contributed by atoms with Gasteiger partial charge in [-0.3, -0.25) is 4.79 Å². The van der Waals surface area contributed by atoms with E-state index in [4.69, 9.17) is 0 Å². The van der Waals surface area contributed by atoms with Crippen molar-refractivity contribution in [3.05, 3.63) is 0 Å². The minimum atomic E-state index is 0.465. The minimum absolute atomic E-state index is 0.465. The van der Waals surface area contributed by atoms with Crippen molar-refractivity contribution >= 4 is 5.78 Å². The maximum absolute atomic E-state index is 11.5. The molecule has 0 aliphatic heterocycles. The third kappa shape index (κ3) is 15.7. The van der Waals surface area contributed by atoms with Gasteiger partial charge in [0.25, 0.3) is 0 Å². The molecule has 0 unspecified atom stereocenters. The highest BCUT2D eigenvalue weighted by Gasteiger charge is 2.04. The fourth-order valence-electron chi connectivity index (χ4n) is 2.72. The standard InChI is InChI=1S/C19H38O/c1-4-5-6-7-8-9-10-11-12-13-14-15-16-19(20)17-18(2)3/h18H,4-17H2,1-3H3. The van der Waals surface area contributed by atoms with Crippen LogP contribution in [0.4, 0.5) is 0 Å². The van der Waals surface area contributed by atoms with Crippen LogP contribution in [0, 0.1) is 5.92 Å². The Balaban J connectivity index is 3.08. The third-order valence-corrected chi connectivity index (χ3v) is 3.95. The summed E-state index contributed by atoms with van der Waals surface area (Å²) in [6.45, 7) is 6.52. The molecule has 20 heavy (non-hydrogen) atoms. The van der Waals surface area contributed by atoms with E-state index >= 15 is 0 Å². The van der Waals surface area contributed by atoms with Gasteiger partial charge in [0.2, 0.25) is 0 Å². The average molecular weight is 283 g/mol. The lowest BCUT2D eigenvalue weighted by Gasteiger charge is -2.04. The van der Waals surface area contributed by atoms with Gasteiger partial charge in [-0.25, -0.2) is 0 Å². The molecule has 0 aliphatic rings. The number of Topliss-reactive ketones (excluding diaryl/α,β-unsaturated/α-hetero) is 1. The second kappa shape index (κ2) is 15.1. The number of unbranched alkanes of at least 4 members (excludes halogenated alkanes) is 11. The van der Waals surface area contributed by atoms with Crippen molar-refractivity contribution in [2.75, 3.05) is 0 Å². The summed E-state index contributed by atoms with van der Waals surface area (Å²) in [6.07, 6.45) is 17.9. The van der Waals surface area contributed by atoms with E-state index < -0.39 is 0 Å². The highest BCUT2D eigenvalue weighted by atomic mass is 16.1. The van der Waals surface area contributed by atoms with Crippen molar-refractivity contribution in [1.82, 2.24) is 0 Å². The van der Waals surface area contributed by atoms with Gasteiger partial charge >= 0.3 is 0 Å². The zero-order chi connectivity index (χ0) is 15.1. The Morgan fingerprint density at radius 2 is 1.10 bits per heavy atom. The van der Waals surface area contributed by atoms with Crippen LogP contribution in [-0.4, -0.2) is 5.78 Å². The van der Waals surface area contributed by atoms with Gasteiger partial charge in [-0.2, -0.15) is 0 Å². The van der Waals surface area contributed by atoms with Crippen molar-refractivity contribution in [2.24, 2.45) is 5.92 Å². The number of hydrogen-bond acceptors (Lipinski definition) is 1. The van der Waals surface area contributed by atoms with E-state index in [1.807, 2.05) is 0 Å². The Kier molecular flexibility index (Phi) is 14.8. The number of hydrogen-bond donors (Lipinski definition) is 0. The SMILES string of the molecule is CCCCCCCCCCCCCCC(=O)CC(C)C. The Hall–Kier alpha value is -0.330. The van der Waals surface area contributed by atoms with Gasteiger partial charge in [0.15, 0.2) is 0 Å². The number of carbonyl (C=O) groups excluding carboxylic acids is 1. The number of rotatable bonds is 15. The lowest BCUT2D eigenvalue weighted by molar-refractivity contribution is -0.119. The van der Waals surface area contributed by atoms with Gasteiger partial charge in [0.1, 0.15) is 5.78 Å². The monoisotopic (exact) mass is 282 g/mol. The molecule has 0 heterocycles. The van der Waals surface area contributed by atoms with E-state index in [0.29, 0.717) is 11.7 Å². The van der Waals surface area contributed by atoms with Gasteiger partial charge < -0.3 is 0 Å². The van der Waals surface area contributed by atoms with Gasteiger partial charge in [0, 0.05) is 12.8 Å². The maximum atomic E-state index is 11.5. The highest BCUT2D eigenvalue weighted by Crippen LogP contribution is 2.13. The fourth-order valence-corrected chi connectivity index (χ4v) is 2.72. The van der Waals surface area contributed by atoms with E-state index in [1.165, 1.54) is 70.6 Å². The predicted molar refractivity (Wildman–Crippen MR) is 90.2 cm³/mol. The molecule has 0 saturated carbocycles. The molecule has 0 aromatic rings. The molecular formula is C19H38O. The lowest BCUT2D eigenvalue weighted by atomic mass is 10.0. The molecule has 0 aliphatic carbocycles. The molecule has 0 aromatic heterocycles. The summed E-state index contributed by atoms with van der Waals surface area (Å²) in [5.74, 6) is 0.993. The van der Waals surface area contributed by atoms with Crippen molar-refractivity contribution < 1.29 is 4.79 Å². The van der Waals surface area contributed by atoms with E-state index in [0.717, 1.165) is 19.3 Å². The van der Waals surface area contributed by atoms with Crippen LogP contribution in [0.25, 0.3) is 0 Å². The minimum Gasteiger partial charge on any atom is -0.300 e. The van der Waals surface area contributed by atoms with E-state index in [9.17, 15) is 4.79 Å². The predicted octanol–water partition coefficient (Wildman–Crippen LogP) is 6.69. The first kappa shape index (κ1) is 19.7. The number of carbonyl (C=O) groups is 1. The largest absolute Gasteiger partial charge is 0.300 e. The van der Waals surface area contributed by atoms with E-state index in [-0.39, 0.29) is 0 Å². The molecule has 0 N–H and O–H groups in total. The van der Waals surface area contributed by atoms with Crippen LogP contribution in [0.3, 0.4) is 0 Å². The molecule has 120 valence electrons. The molecule has 0 bridgehead atoms. The Morgan fingerprint density at radius 1 is 0.700 bits per heavy atom. The van der Waals surface area contributed by atoms with Crippen LogP contribution in [-0.2, 0) is 4.79 Å². The maximum Gasteiger partial charge on any atom is 0.133 e. The fraction of sp³-hybridized carbons (Fsp3) is 0.947. The van der Waals surface area contributed by atoms with Crippen molar-refractivity contribution in [1.29, 1.82) is 0 Å². The van der Waals surface area contributed by atoms with Crippen molar-refractivity contribution in [3.63, 3.8) is 0 Å². The van der Waals surface area contributed by atoms with Gasteiger partial charge in [-0.15, -0.1) is 0 Å². The Labute approximate surface area is 127 Å². The van der Waals surface area contributed by atoms with Crippen molar-refractivity contribution in [2.45, 2.75) is 111 Å². The van der Waals surface area contributed by atoms with E-state index in [1.54, 1.807) is 0 Å². The molecule has 0 fully saturated rings. The van der Waals surface area contributed by atoms with Crippen molar-refractivity contribution in [3.8, 4) is 0 Å². The first-order valence-electron chi connectivity index (χ1n) is 9.18. The molecule has 1 heteroatoms. The summed E-state index contributed by atoms with van der Waals surface area (Å²) in [6, 6.07) is 0. The normalized spacial score (nSPS) is 11.2. The molecule has 0 atom stereocenters. The Bertz CT molecular complexity index is 208. The summed E-state index contributed by atoms with van der Waals surface area (Å²) in [5.41, 5.74) is 0. The Morgan fingerprint density at radius 3 is 1.50 bits per heavy atom. The molecule has 0 rings (SSSR count). The van der Waals surface area contributed by atoms with Crippen LogP contribution in [0.2, 0.25) is 0 Å². The molecule has 0 saturated heterocycles.